The maximum absolute atomic E-state index is 6.13. The van der Waals surface area contributed by atoms with Gasteiger partial charge in [-0.15, -0.1) is 0 Å². The molecule has 0 unspecified atom stereocenters. The Morgan fingerprint density at radius 2 is 1.23 bits per heavy atom. The highest BCUT2D eigenvalue weighted by Crippen LogP contribution is 2.36. The van der Waals surface area contributed by atoms with Gasteiger partial charge in [0.1, 0.15) is 24.7 Å². The van der Waals surface area contributed by atoms with E-state index in [1.165, 1.54) is 38.8 Å². The minimum absolute atomic E-state index is 0.529. The molecule has 2 saturated heterocycles. The number of likely N-dealkylation sites (tertiary alicyclic amines) is 2. The lowest BCUT2D eigenvalue weighted by Crippen LogP contribution is -2.25. The molecule has 0 saturated carbocycles. The molecule has 2 aliphatic heterocycles. The Morgan fingerprint density at radius 1 is 0.645 bits per heavy atom. The molecule has 5 nitrogen and oxygen atoms in total. The lowest BCUT2D eigenvalue weighted by molar-refractivity contribution is 0.226. The largest absolute Gasteiger partial charge is 0.492 e. The van der Waals surface area contributed by atoms with Crippen molar-refractivity contribution in [3.05, 3.63) is 46.4 Å². The molecule has 0 aliphatic carbocycles. The molecule has 0 aromatic heterocycles. The van der Waals surface area contributed by atoms with Crippen molar-refractivity contribution in [1.82, 2.24) is 9.80 Å². The van der Waals surface area contributed by atoms with Crippen LogP contribution in [0.1, 0.15) is 25.7 Å². The van der Waals surface area contributed by atoms with E-state index in [9.17, 15) is 0 Å². The van der Waals surface area contributed by atoms with Crippen LogP contribution in [0.4, 0.5) is 0 Å². The van der Waals surface area contributed by atoms with Crippen molar-refractivity contribution in [3.63, 3.8) is 0 Å². The number of hydrogen-bond donors (Lipinski definition) is 0. The van der Waals surface area contributed by atoms with Gasteiger partial charge in [0.2, 0.25) is 0 Å². The summed E-state index contributed by atoms with van der Waals surface area (Å²) in [6.45, 7) is 7.75. The van der Waals surface area contributed by atoms with Crippen LogP contribution in [0.5, 0.6) is 23.0 Å². The van der Waals surface area contributed by atoms with Crippen LogP contribution in [-0.2, 0) is 0 Å². The fourth-order valence-corrected chi connectivity index (χ4v) is 4.59. The van der Waals surface area contributed by atoms with Gasteiger partial charge in [0.25, 0.3) is 0 Å². The second kappa shape index (κ2) is 11.3. The molecule has 0 bridgehead atoms. The number of halogens is 2. The van der Waals surface area contributed by atoms with Crippen LogP contribution < -0.4 is 14.2 Å². The molecule has 2 aliphatic rings. The molecular weight excluding hydrogens is 435 g/mol. The number of hydrogen-bond acceptors (Lipinski definition) is 5. The Hall–Kier alpha value is -1.66. The van der Waals surface area contributed by atoms with Gasteiger partial charge >= 0.3 is 0 Å². The number of nitrogens with zero attached hydrogens (tertiary/aromatic N) is 2. The first-order chi connectivity index (χ1) is 15.2. The molecule has 2 aromatic carbocycles. The van der Waals surface area contributed by atoms with E-state index in [0.717, 1.165) is 31.9 Å². The van der Waals surface area contributed by atoms with Crippen molar-refractivity contribution in [2.75, 3.05) is 52.5 Å². The first-order valence-corrected chi connectivity index (χ1v) is 11.9. The lowest BCUT2D eigenvalue weighted by atomic mass is 10.3. The van der Waals surface area contributed by atoms with Gasteiger partial charge in [-0.25, -0.2) is 0 Å². The van der Waals surface area contributed by atoms with Crippen LogP contribution in [-0.4, -0.2) is 62.3 Å². The Bertz CT molecular complexity index is 832. The smallest absolute Gasteiger partial charge is 0.169 e. The second-order valence-electron chi connectivity index (χ2n) is 8.11. The summed E-state index contributed by atoms with van der Waals surface area (Å²) in [4.78, 5) is 4.86. The SMILES string of the molecule is Clc1cc(Cl)cc(Oc2ccc(OCCN3CCCC3)cc2OCCN2CCCC2)c1. The van der Waals surface area contributed by atoms with Crippen LogP contribution >= 0.6 is 23.2 Å². The zero-order chi connectivity index (χ0) is 21.5. The predicted octanol–water partition coefficient (Wildman–Crippen LogP) is 5.73. The zero-order valence-corrected chi connectivity index (χ0v) is 19.3. The maximum Gasteiger partial charge on any atom is 0.169 e. The van der Waals surface area contributed by atoms with Gasteiger partial charge < -0.3 is 14.2 Å². The Morgan fingerprint density at radius 3 is 1.84 bits per heavy atom. The standard InChI is InChI=1S/C24H30Cl2N2O3/c25-19-15-20(26)17-22(16-19)31-23-6-5-21(29-13-11-27-7-1-2-8-27)18-24(23)30-14-12-28-9-3-4-10-28/h5-6,15-18H,1-4,7-14H2. The molecule has 0 spiro atoms. The summed E-state index contributed by atoms with van der Waals surface area (Å²) < 4.78 is 18.2. The molecule has 168 valence electrons. The first kappa shape index (κ1) is 22.5. The minimum Gasteiger partial charge on any atom is -0.492 e. The van der Waals surface area contributed by atoms with E-state index in [0.29, 0.717) is 40.5 Å². The van der Waals surface area contributed by atoms with Crippen molar-refractivity contribution in [2.24, 2.45) is 0 Å². The van der Waals surface area contributed by atoms with E-state index < -0.39 is 0 Å². The van der Waals surface area contributed by atoms with E-state index in [-0.39, 0.29) is 0 Å². The molecule has 0 N–H and O–H groups in total. The van der Waals surface area contributed by atoms with Gasteiger partial charge in [0, 0.05) is 29.2 Å². The highest BCUT2D eigenvalue weighted by molar-refractivity contribution is 6.34. The van der Waals surface area contributed by atoms with Crippen molar-refractivity contribution in [2.45, 2.75) is 25.7 Å². The molecule has 2 heterocycles. The van der Waals surface area contributed by atoms with Gasteiger partial charge in [0.15, 0.2) is 11.5 Å². The fraction of sp³-hybridized carbons (Fsp3) is 0.500. The third-order valence-electron chi connectivity index (χ3n) is 5.72. The quantitative estimate of drug-likeness (QED) is 0.448. The molecule has 2 aromatic rings. The average Bonchev–Trinajstić information content (AvgIpc) is 3.43. The molecule has 4 rings (SSSR count). The van der Waals surface area contributed by atoms with Crippen LogP contribution in [0, 0.1) is 0 Å². The van der Waals surface area contributed by atoms with Crippen LogP contribution in [0.25, 0.3) is 0 Å². The molecular formula is C24H30Cl2N2O3. The van der Waals surface area contributed by atoms with Crippen LogP contribution in [0.3, 0.4) is 0 Å². The summed E-state index contributed by atoms with van der Waals surface area (Å²) in [6.07, 6.45) is 5.11. The second-order valence-corrected chi connectivity index (χ2v) is 8.98. The third kappa shape index (κ3) is 6.91. The number of ether oxygens (including phenoxy) is 3. The van der Waals surface area contributed by atoms with E-state index in [2.05, 4.69) is 9.80 Å². The molecule has 2 fully saturated rings. The molecule has 31 heavy (non-hydrogen) atoms. The summed E-state index contributed by atoms with van der Waals surface area (Å²) in [5.41, 5.74) is 0. The predicted molar refractivity (Wildman–Crippen MR) is 125 cm³/mol. The summed E-state index contributed by atoms with van der Waals surface area (Å²) in [6, 6.07) is 10.9. The van der Waals surface area contributed by atoms with Crippen LogP contribution in [0.15, 0.2) is 36.4 Å². The third-order valence-corrected chi connectivity index (χ3v) is 6.15. The number of rotatable bonds is 10. The van der Waals surface area contributed by atoms with Crippen molar-refractivity contribution < 1.29 is 14.2 Å². The van der Waals surface area contributed by atoms with E-state index in [4.69, 9.17) is 37.4 Å². The highest BCUT2D eigenvalue weighted by atomic mass is 35.5. The highest BCUT2D eigenvalue weighted by Gasteiger charge is 2.15. The first-order valence-electron chi connectivity index (χ1n) is 11.1. The van der Waals surface area contributed by atoms with Crippen LogP contribution in [0.2, 0.25) is 10.0 Å². The Kier molecular flexibility index (Phi) is 8.20. The lowest BCUT2D eigenvalue weighted by Gasteiger charge is -2.18. The summed E-state index contributed by atoms with van der Waals surface area (Å²) in [5.74, 6) is 2.64. The zero-order valence-electron chi connectivity index (χ0n) is 17.8. The monoisotopic (exact) mass is 464 g/mol. The topological polar surface area (TPSA) is 34.2 Å². The molecule has 0 radical (unpaired) electrons. The summed E-state index contributed by atoms with van der Waals surface area (Å²) >= 11 is 12.2. The molecule has 0 amide bonds. The minimum atomic E-state index is 0.529. The maximum atomic E-state index is 6.13. The van der Waals surface area contributed by atoms with Crippen molar-refractivity contribution in [3.8, 4) is 23.0 Å². The van der Waals surface area contributed by atoms with Gasteiger partial charge in [-0.3, -0.25) is 9.80 Å². The number of benzene rings is 2. The van der Waals surface area contributed by atoms with Crippen molar-refractivity contribution >= 4 is 23.2 Å². The molecule has 7 heteroatoms. The Labute approximate surface area is 194 Å². The van der Waals surface area contributed by atoms with Crippen molar-refractivity contribution in [1.29, 1.82) is 0 Å². The summed E-state index contributed by atoms with van der Waals surface area (Å²) in [5, 5.41) is 1.06. The normalized spacial score (nSPS) is 17.2. The average molecular weight is 465 g/mol. The van der Waals surface area contributed by atoms with E-state index in [1.807, 2.05) is 18.2 Å². The van der Waals surface area contributed by atoms with E-state index in [1.54, 1.807) is 18.2 Å². The van der Waals surface area contributed by atoms with Gasteiger partial charge in [-0.2, -0.15) is 0 Å². The Balaban J connectivity index is 1.42. The fourth-order valence-electron chi connectivity index (χ4n) is 4.08. The van der Waals surface area contributed by atoms with Gasteiger partial charge in [-0.05, 0) is 82.2 Å². The van der Waals surface area contributed by atoms with Gasteiger partial charge in [-0.1, -0.05) is 23.2 Å². The van der Waals surface area contributed by atoms with Gasteiger partial charge in [0.05, 0.1) is 0 Å². The molecule has 0 atom stereocenters. The van der Waals surface area contributed by atoms with E-state index >= 15 is 0 Å². The summed E-state index contributed by atoms with van der Waals surface area (Å²) in [7, 11) is 0.